The molecular weight excluding hydrogens is 344 g/mol. The number of H-pyrrole nitrogens is 1. The normalized spacial score (nSPS) is 17.5. The van der Waals surface area contributed by atoms with Crippen LogP contribution in [0.25, 0.3) is 32.9 Å². The van der Waals surface area contributed by atoms with Crippen molar-refractivity contribution in [3.05, 3.63) is 54.6 Å². The summed E-state index contributed by atoms with van der Waals surface area (Å²) in [6, 6.07) is 11.3. The molecular formula is C24H24N4. The summed E-state index contributed by atoms with van der Waals surface area (Å²) in [7, 11) is 0. The van der Waals surface area contributed by atoms with Crippen LogP contribution in [0.3, 0.4) is 0 Å². The van der Waals surface area contributed by atoms with Gasteiger partial charge in [0.15, 0.2) is 0 Å². The highest BCUT2D eigenvalue weighted by Crippen LogP contribution is 2.38. The van der Waals surface area contributed by atoms with E-state index < -0.39 is 0 Å². The molecule has 2 fully saturated rings. The van der Waals surface area contributed by atoms with Gasteiger partial charge in [0.2, 0.25) is 0 Å². The van der Waals surface area contributed by atoms with E-state index >= 15 is 0 Å². The number of aromatic amines is 1. The van der Waals surface area contributed by atoms with Gasteiger partial charge >= 0.3 is 0 Å². The van der Waals surface area contributed by atoms with E-state index in [1.54, 1.807) is 0 Å². The predicted molar refractivity (Wildman–Crippen MR) is 115 cm³/mol. The van der Waals surface area contributed by atoms with E-state index in [1.807, 2.05) is 18.6 Å². The van der Waals surface area contributed by atoms with Crippen molar-refractivity contribution in [3.8, 4) is 11.1 Å². The number of anilines is 1. The van der Waals surface area contributed by atoms with Crippen molar-refractivity contribution in [2.45, 2.75) is 38.0 Å². The van der Waals surface area contributed by atoms with Crippen molar-refractivity contribution < 1.29 is 0 Å². The summed E-state index contributed by atoms with van der Waals surface area (Å²) >= 11 is 0. The molecule has 0 spiro atoms. The second kappa shape index (κ2) is 6.33. The third kappa shape index (κ3) is 2.59. The van der Waals surface area contributed by atoms with Gasteiger partial charge in [0.1, 0.15) is 5.65 Å². The number of aromatic nitrogens is 3. The van der Waals surface area contributed by atoms with Crippen molar-refractivity contribution in [1.29, 1.82) is 0 Å². The average molecular weight is 368 g/mol. The summed E-state index contributed by atoms with van der Waals surface area (Å²) < 4.78 is 0. The largest absolute Gasteiger partial charge is 0.370 e. The lowest BCUT2D eigenvalue weighted by Gasteiger charge is -2.23. The maximum atomic E-state index is 4.67. The zero-order chi connectivity index (χ0) is 18.5. The second-order valence-electron chi connectivity index (χ2n) is 8.30. The molecule has 1 aromatic carbocycles. The SMILES string of the molecule is c1cc2cnc3[nH]c(C4CCC4)cc3c2cc1-c1cncc(N2CCCC2)c1. The molecule has 4 aromatic rings. The lowest BCUT2D eigenvalue weighted by molar-refractivity contribution is 0.413. The van der Waals surface area contributed by atoms with Crippen LogP contribution in [-0.2, 0) is 0 Å². The summed E-state index contributed by atoms with van der Waals surface area (Å²) in [6.07, 6.45) is 12.5. The predicted octanol–water partition coefficient (Wildman–Crippen LogP) is 5.65. The zero-order valence-electron chi connectivity index (χ0n) is 16.0. The van der Waals surface area contributed by atoms with Crippen LogP contribution in [0, 0.1) is 0 Å². The van der Waals surface area contributed by atoms with Gasteiger partial charge in [0, 0.05) is 47.5 Å². The molecule has 1 saturated carbocycles. The highest BCUT2D eigenvalue weighted by atomic mass is 15.1. The molecule has 0 amide bonds. The van der Waals surface area contributed by atoms with Crippen LogP contribution in [0.4, 0.5) is 5.69 Å². The van der Waals surface area contributed by atoms with Crippen molar-refractivity contribution in [2.24, 2.45) is 0 Å². The van der Waals surface area contributed by atoms with E-state index in [0.29, 0.717) is 5.92 Å². The number of hydrogen-bond donors (Lipinski definition) is 1. The first kappa shape index (κ1) is 16.1. The van der Waals surface area contributed by atoms with Crippen LogP contribution >= 0.6 is 0 Å². The number of pyridine rings is 2. The van der Waals surface area contributed by atoms with Gasteiger partial charge in [-0.15, -0.1) is 0 Å². The number of rotatable bonds is 3. The summed E-state index contributed by atoms with van der Waals surface area (Å²) in [5.74, 6) is 0.689. The summed E-state index contributed by atoms with van der Waals surface area (Å²) in [4.78, 5) is 15.2. The van der Waals surface area contributed by atoms with E-state index in [4.69, 9.17) is 0 Å². The molecule has 2 aliphatic rings. The minimum Gasteiger partial charge on any atom is -0.370 e. The number of nitrogens with one attached hydrogen (secondary N) is 1. The fourth-order valence-electron chi connectivity index (χ4n) is 4.66. The van der Waals surface area contributed by atoms with Gasteiger partial charge in [0.25, 0.3) is 0 Å². The standard InChI is InChI=1S/C24H24N4/c1-2-9-28(8-1)20-10-19(13-25-15-20)17-6-7-18-14-26-24-22(21(18)11-17)12-23(27-24)16-4-3-5-16/h6-7,10-16H,1-5,8-9H2,(H,26,27). The molecule has 1 saturated heterocycles. The molecule has 1 aliphatic heterocycles. The van der Waals surface area contributed by atoms with E-state index in [2.05, 4.69) is 50.2 Å². The molecule has 28 heavy (non-hydrogen) atoms. The number of nitrogens with zero attached hydrogens (tertiary/aromatic N) is 3. The monoisotopic (exact) mass is 368 g/mol. The second-order valence-corrected chi connectivity index (χ2v) is 8.30. The third-order valence-corrected chi connectivity index (χ3v) is 6.57. The fraction of sp³-hybridized carbons (Fsp3) is 0.333. The Balaban J connectivity index is 1.46. The Morgan fingerprint density at radius 2 is 1.75 bits per heavy atom. The minimum absolute atomic E-state index is 0.689. The van der Waals surface area contributed by atoms with Crippen LogP contribution in [0.1, 0.15) is 43.7 Å². The molecule has 140 valence electrons. The van der Waals surface area contributed by atoms with Gasteiger partial charge in [-0.2, -0.15) is 0 Å². The maximum absolute atomic E-state index is 4.67. The minimum atomic E-state index is 0.689. The Morgan fingerprint density at radius 3 is 2.57 bits per heavy atom. The lowest BCUT2D eigenvalue weighted by atomic mass is 9.83. The molecule has 0 unspecified atom stereocenters. The van der Waals surface area contributed by atoms with Crippen molar-refractivity contribution in [1.82, 2.24) is 15.0 Å². The van der Waals surface area contributed by atoms with Crippen LogP contribution in [0.5, 0.6) is 0 Å². The topological polar surface area (TPSA) is 44.8 Å². The highest BCUT2D eigenvalue weighted by Gasteiger charge is 2.22. The molecule has 0 atom stereocenters. The molecule has 4 nitrogen and oxygen atoms in total. The van der Waals surface area contributed by atoms with E-state index in [9.17, 15) is 0 Å². The molecule has 0 bridgehead atoms. The Kier molecular flexibility index (Phi) is 3.64. The van der Waals surface area contributed by atoms with Crippen molar-refractivity contribution in [3.63, 3.8) is 0 Å². The number of hydrogen-bond acceptors (Lipinski definition) is 3. The zero-order valence-corrected chi connectivity index (χ0v) is 16.0. The van der Waals surface area contributed by atoms with E-state index in [1.165, 1.54) is 70.8 Å². The Bertz CT molecular complexity index is 1170. The summed E-state index contributed by atoms with van der Waals surface area (Å²) in [5.41, 5.74) is 6.01. The molecule has 6 rings (SSSR count). The van der Waals surface area contributed by atoms with Crippen LogP contribution in [0.15, 0.2) is 48.9 Å². The van der Waals surface area contributed by atoms with Crippen molar-refractivity contribution >= 4 is 27.5 Å². The Labute approximate surface area is 164 Å². The van der Waals surface area contributed by atoms with Crippen LogP contribution < -0.4 is 4.90 Å². The lowest BCUT2D eigenvalue weighted by Crippen LogP contribution is -2.17. The fourth-order valence-corrected chi connectivity index (χ4v) is 4.66. The molecule has 4 heterocycles. The first-order chi connectivity index (χ1) is 13.8. The van der Waals surface area contributed by atoms with Gasteiger partial charge < -0.3 is 9.88 Å². The van der Waals surface area contributed by atoms with Gasteiger partial charge in [-0.1, -0.05) is 18.6 Å². The quantitative estimate of drug-likeness (QED) is 0.508. The van der Waals surface area contributed by atoms with Gasteiger partial charge in [-0.3, -0.25) is 4.98 Å². The molecule has 3 aromatic heterocycles. The van der Waals surface area contributed by atoms with Gasteiger partial charge in [0.05, 0.1) is 11.9 Å². The van der Waals surface area contributed by atoms with Crippen LogP contribution in [-0.4, -0.2) is 28.0 Å². The van der Waals surface area contributed by atoms with Gasteiger partial charge in [-0.05, 0) is 60.7 Å². The summed E-state index contributed by atoms with van der Waals surface area (Å²) in [6.45, 7) is 2.28. The Morgan fingerprint density at radius 1 is 0.857 bits per heavy atom. The molecule has 4 heteroatoms. The van der Waals surface area contributed by atoms with Crippen molar-refractivity contribution in [2.75, 3.05) is 18.0 Å². The molecule has 1 N–H and O–H groups in total. The first-order valence-electron chi connectivity index (χ1n) is 10.5. The van der Waals surface area contributed by atoms with Crippen LogP contribution in [0.2, 0.25) is 0 Å². The van der Waals surface area contributed by atoms with E-state index in [0.717, 1.165) is 18.7 Å². The number of fused-ring (bicyclic) bond motifs is 3. The summed E-state index contributed by atoms with van der Waals surface area (Å²) in [5, 5.41) is 3.71. The highest BCUT2D eigenvalue weighted by molar-refractivity contribution is 6.06. The smallest absolute Gasteiger partial charge is 0.138 e. The first-order valence-corrected chi connectivity index (χ1v) is 10.5. The molecule has 1 aliphatic carbocycles. The number of benzene rings is 1. The maximum Gasteiger partial charge on any atom is 0.138 e. The van der Waals surface area contributed by atoms with Gasteiger partial charge in [-0.25, -0.2) is 4.98 Å². The Hall–Kier alpha value is -2.88. The third-order valence-electron chi connectivity index (χ3n) is 6.57. The van der Waals surface area contributed by atoms with E-state index in [-0.39, 0.29) is 0 Å². The molecule has 0 radical (unpaired) electrons. The average Bonchev–Trinajstić information content (AvgIpc) is 3.36.